The fourth-order valence-electron chi connectivity index (χ4n) is 1.63. The molecular weight excluding hydrogens is 308 g/mol. The zero-order valence-electron chi connectivity index (χ0n) is 11.8. The topological polar surface area (TPSA) is 24.9 Å². The third-order valence-electron chi connectivity index (χ3n) is 2.83. The smallest absolute Gasteiger partial charge is 0.107 e. The molecule has 1 heterocycles. The van der Waals surface area contributed by atoms with Crippen LogP contribution in [0.1, 0.15) is 57.2 Å². The maximum atomic E-state index is 4.68. The lowest BCUT2D eigenvalue weighted by molar-refractivity contribution is 0.565. The van der Waals surface area contributed by atoms with Crippen molar-refractivity contribution in [2.24, 2.45) is 0 Å². The minimum Gasteiger partial charge on any atom is -0.310 e. The first kappa shape index (κ1) is 16.1. The van der Waals surface area contributed by atoms with Crippen LogP contribution in [0.15, 0.2) is 5.38 Å². The van der Waals surface area contributed by atoms with Crippen molar-refractivity contribution in [1.29, 1.82) is 0 Å². The molecule has 1 N–H and O–H groups in total. The van der Waals surface area contributed by atoms with Gasteiger partial charge in [-0.25, -0.2) is 4.98 Å². The van der Waals surface area contributed by atoms with Crippen molar-refractivity contribution in [2.75, 3.05) is 11.9 Å². The van der Waals surface area contributed by atoms with Crippen LogP contribution in [0.25, 0.3) is 0 Å². The van der Waals surface area contributed by atoms with Gasteiger partial charge in [0.1, 0.15) is 5.01 Å². The van der Waals surface area contributed by atoms with E-state index < -0.39 is 0 Å². The molecule has 0 aliphatic carbocycles. The minimum absolute atomic E-state index is 0.171. The summed E-state index contributed by atoms with van der Waals surface area (Å²) in [6.45, 7) is 8.65. The summed E-state index contributed by atoms with van der Waals surface area (Å²) in [5.74, 6) is 0. The molecule has 4 heteroatoms. The van der Waals surface area contributed by atoms with Crippen LogP contribution < -0.4 is 5.32 Å². The van der Waals surface area contributed by atoms with Gasteiger partial charge >= 0.3 is 0 Å². The summed E-state index contributed by atoms with van der Waals surface area (Å²) >= 11 is 5.23. The van der Waals surface area contributed by atoms with E-state index in [0.717, 1.165) is 18.4 Å². The molecule has 1 rings (SSSR count). The van der Waals surface area contributed by atoms with E-state index in [9.17, 15) is 0 Å². The number of unbranched alkanes of at least 4 members (excludes halogenated alkanes) is 3. The summed E-state index contributed by atoms with van der Waals surface area (Å²) in [4.78, 5) is 4.68. The molecule has 0 spiro atoms. The first-order valence-electron chi connectivity index (χ1n) is 6.75. The summed E-state index contributed by atoms with van der Waals surface area (Å²) in [5, 5.41) is 8.01. The van der Waals surface area contributed by atoms with Crippen LogP contribution in [0.3, 0.4) is 0 Å². The summed E-state index contributed by atoms with van der Waals surface area (Å²) < 4.78 is 0. The van der Waals surface area contributed by atoms with Crippen molar-refractivity contribution in [3.05, 3.63) is 16.1 Å². The van der Waals surface area contributed by atoms with E-state index in [1.807, 2.05) is 0 Å². The number of aromatic nitrogens is 1. The second kappa shape index (κ2) is 8.28. The molecule has 0 aliphatic rings. The molecule has 0 atom stereocenters. The first-order valence-corrected chi connectivity index (χ1v) is 8.75. The monoisotopic (exact) mass is 332 g/mol. The summed E-state index contributed by atoms with van der Waals surface area (Å²) in [6.07, 6.45) is 5.22. The van der Waals surface area contributed by atoms with Gasteiger partial charge < -0.3 is 5.32 Å². The van der Waals surface area contributed by atoms with Crippen molar-refractivity contribution >= 4 is 27.3 Å². The third kappa shape index (κ3) is 6.30. The van der Waals surface area contributed by atoms with E-state index >= 15 is 0 Å². The fraction of sp³-hybridized carbons (Fsp3) is 0.786. The lowest BCUT2D eigenvalue weighted by atomic mass is 9.93. The lowest BCUT2D eigenvalue weighted by Crippen LogP contribution is -2.16. The molecule has 0 aromatic carbocycles. The van der Waals surface area contributed by atoms with Crippen LogP contribution in [-0.2, 0) is 12.0 Å². The Balaban J connectivity index is 2.14. The van der Waals surface area contributed by atoms with Crippen molar-refractivity contribution in [3.8, 4) is 0 Å². The normalized spacial score (nSPS) is 12.0. The molecule has 1 aromatic rings. The quantitative estimate of drug-likeness (QED) is 0.560. The molecule has 0 saturated heterocycles. The predicted octanol–water partition coefficient (Wildman–Crippen LogP) is 4.49. The SMILES string of the molecule is CC(C)(C)c1csc(CNCCCCCCBr)n1. The Kier molecular flexibility index (Phi) is 7.42. The number of thiazole rings is 1. The van der Waals surface area contributed by atoms with E-state index in [0.29, 0.717) is 0 Å². The Morgan fingerprint density at radius 1 is 1.22 bits per heavy atom. The zero-order chi connectivity index (χ0) is 13.4. The van der Waals surface area contributed by atoms with Crippen molar-refractivity contribution in [2.45, 2.75) is 58.4 Å². The Labute approximate surface area is 124 Å². The Hall–Kier alpha value is 0.0700. The maximum Gasteiger partial charge on any atom is 0.107 e. The molecule has 0 saturated carbocycles. The highest BCUT2D eigenvalue weighted by Gasteiger charge is 2.16. The minimum atomic E-state index is 0.171. The van der Waals surface area contributed by atoms with Gasteiger partial charge in [-0.1, -0.05) is 49.5 Å². The average molecular weight is 333 g/mol. The number of halogens is 1. The first-order chi connectivity index (χ1) is 8.54. The standard InChI is InChI=1S/C14H25BrN2S/c1-14(2,3)12-11-18-13(17-12)10-16-9-7-5-4-6-8-15/h11,16H,4-10H2,1-3H3. The van der Waals surface area contributed by atoms with Gasteiger partial charge in [0, 0.05) is 22.7 Å². The molecule has 0 amide bonds. The van der Waals surface area contributed by atoms with Crippen LogP contribution in [0.5, 0.6) is 0 Å². The van der Waals surface area contributed by atoms with Crippen molar-refractivity contribution in [1.82, 2.24) is 10.3 Å². The van der Waals surface area contributed by atoms with Gasteiger partial charge in [-0.05, 0) is 19.4 Å². The summed E-state index contributed by atoms with van der Waals surface area (Å²) in [7, 11) is 0. The van der Waals surface area contributed by atoms with Gasteiger partial charge in [-0.2, -0.15) is 0 Å². The van der Waals surface area contributed by atoms with E-state index in [4.69, 9.17) is 0 Å². The molecule has 0 bridgehead atoms. The molecule has 0 unspecified atom stereocenters. The van der Waals surface area contributed by atoms with E-state index in [-0.39, 0.29) is 5.41 Å². The van der Waals surface area contributed by atoms with Gasteiger partial charge in [0.25, 0.3) is 0 Å². The molecule has 1 aromatic heterocycles. The average Bonchev–Trinajstić information content (AvgIpc) is 2.76. The Morgan fingerprint density at radius 3 is 2.56 bits per heavy atom. The molecule has 104 valence electrons. The number of alkyl halides is 1. The maximum absolute atomic E-state index is 4.68. The molecule has 2 nitrogen and oxygen atoms in total. The van der Waals surface area contributed by atoms with Gasteiger partial charge in [-0.3, -0.25) is 0 Å². The second-order valence-corrected chi connectivity index (χ2v) is 7.39. The second-order valence-electron chi connectivity index (χ2n) is 5.66. The third-order valence-corrected chi connectivity index (χ3v) is 4.24. The van der Waals surface area contributed by atoms with Crippen LogP contribution in [0.2, 0.25) is 0 Å². The van der Waals surface area contributed by atoms with Crippen molar-refractivity contribution < 1.29 is 0 Å². The molecular formula is C14H25BrN2S. The summed E-state index contributed by atoms with van der Waals surface area (Å²) in [6, 6.07) is 0. The molecule has 0 fully saturated rings. The number of hydrogen-bond acceptors (Lipinski definition) is 3. The van der Waals surface area contributed by atoms with Gasteiger partial charge in [0.2, 0.25) is 0 Å². The van der Waals surface area contributed by atoms with Crippen molar-refractivity contribution in [3.63, 3.8) is 0 Å². The van der Waals surface area contributed by atoms with Crippen LogP contribution in [0.4, 0.5) is 0 Å². The molecule has 18 heavy (non-hydrogen) atoms. The van der Waals surface area contributed by atoms with E-state index in [2.05, 4.69) is 52.4 Å². The van der Waals surface area contributed by atoms with Gasteiger partial charge in [-0.15, -0.1) is 11.3 Å². The number of nitrogens with zero attached hydrogens (tertiary/aromatic N) is 1. The van der Waals surface area contributed by atoms with Crippen LogP contribution in [0, 0.1) is 0 Å². The Bertz CT molecular complexity index is 331. The number of nitrogens with one attached hydrogen (secondary N) is 1. The molecule has 0 aliphatic heterocycles. The highest BCUT2D eigenvalue weighted by atomic mass is 79.9. The van der Waals surface area contributed by atoms with Crippen LogP contribution in [-0.4, -0.2) is 16.9 Å². The number of rotatable bonds is 8. The van der Waals surface area contributed by atoms with Gasteiger partial charge in [0.05, 0.1) is 5.69 Å². The Morgan fingerprint density at radius 2 is 1.94 bits per heavy atom. The summed E-state index contributed by atoms with van der Waals surface area (Å²) in [5.41, 5.74) is 1.38. The van der Waals surface area contributed by atoms with Gasteiger partial charge in [0.15, 0.2) is 0 Å². The van der Waals surface area contributed by atoms with Crippen LogP contribution >= 0.6 is 27.3 Å². The molecule has 0 radical (unpaired) electrons. The highest BCUT2D eigenvalue weighted by Crippen LogP contribution is 2.23. The highest BCUT2D eigenvalue weighted by molar-refractivity contribution is 9.09. The number of hydrogen-bond donors (Lipinski definition) is 1. The van der Waals surface area contributed by atoms with E-state index in [1.54, 1.807) is 11.3 Å². The van der Waals surface area contributed by atoms with E-state index in [1.165, 1.54) is 36.4 Å². The lowest BCUT2D eigenvalue weighted by Gasteiger charge is -2.14. The zero-order valence-corrected chi connectivity index (χ0v) is 14.2. The fourth-order valence-corrected chi connectivity index (χ4v) is 3.02. The largest absolute Gasteiger partial charge is 0.310 e. The predicted molar refractivity (Wildman–Crippen MR) is 84.8 cm³/mol.